The van der Waals surface area contributed by atoms with Gasteiger partial charge in [-0.15, -0.1) is 0 Å². The van der Waals surface area contributed by atoms with Crippen LogP contribution in [0.15, 0.2) is 53.7 Å². The Labute approximate surface area is 216 Å². The monoisotopic (exact) mass is 512 g/mol. The Morgan fingerprint density at radius 1 is 1.05 bits per heavy atom. The molecule has 0 aliphatic carbocycles. The number of urea groups is 1. The van der Waals surface area contributed by atoms with Gasteiger partial charge in [-0.3, -0.25) is 9.80 Å². The summed E-state index contributed by atoms with van der Waals surface area (Å²) in [6, 6.07) is 10.9. The van der Waals surface area contributed by atoms with Gasteiger partial charge in [-0.1, -0.05) is 12.1 Å². The number of hydrogen-bond donors (Lipinski definition) is 1. The van der Waals surface area contributed by atoms with Crippen LogP contribution in [0.2, 0.25) is 0 Å². The predicted octanol–water partition coefficient (Wildman–Crippen LogP) is 3.18. The maximum atomic E-state index is 14.3. The highest BCUT2D eigenvalue weighted by atomic mass is 19.1. The van der Waals surface area contributed by atoms with Crippen molar-refractivity contribution in [1.29, 1.82) is 0 Å². The lowest BCUT2D eigenvalue weighted by Gasteiger charge is -2.40. The van der Waals surface area contributed by atoms with Crippen LogP contribution in [0.3, 0.4) is 0 Å². The van der Waals surface area contributed by atoms with E-state index < -0.39 is 12.0 Å². The molecule has 4 rings (SSSR count). The number of benzene rings is 2. The summed E-state index contributed by atoms with van der Waals surface area (Å²) in [7, 11) is 4.72. The third kappa shape index (κ3) is 5.64. The number of methoxy groups -OCH3 is 2. The van der Waals surface area contributed by atoms with Crippen molar-refractivity contribution in [2.24, 2.45) is 0 Å². The minimum atomic E-state index is -0.749. The number of carbonyl (C=O) groups excluding carboxylic acids is 2. The Hall–Kier alpha value is -3.79. The van der Waals surface area contributed by atoms with E-state index in [9.17, 15) is 14.0 Å². The van der Waals surface area contributed by atoms with E-state index in [0.717, 1.165) is 0 Å². The number of carbonyl (C=O) groups is 2. The lowest BCUT2D eigenvalue weighted by Crippen LogP contribution is -2.52. The first-order valence-electron chi connectivity index (χ1n) is 12.3. The number of ether oxygens (including phenoxy) is 3. The zero-order valence-corrected chi connectivity index (χ0v) is 21.6. The van der Waals surface area contributed by atoms with Crippen LogP contribution in [0.5, 0.6) is 11.5 Å². The molecule has 0 spiro atoms. The molecule has 0 bridgehead atoms. The summed E-state index contributed by atoms with van der Waals surface area (Å²) < 4.78 is 30.5. The average Bonchev–Trinajstić information content (AvgIpc) is 2.91. The van der Waals surface area contributed by atoms with Crippen molar-refractivity contribution in [2.45, 2.75) is 13.0 Å². The maximum absolute atomic E-state index is 14.3. The molecule has 0 saturated carbocycles. The maximum Gasteiger partial charge on any atom is 0.338 e. The number of hydrogen-bond acceptors (Lipinski definition) is 7. The molecule has 9 nitrogen and oxygen atoms in total. The first kappa shape index (κ1) is 26.3. The van der Waals surface area contributed by atoms with E-state index in [0.29, 0.717) is 66.7 Å². The lowest BCUT2D eigenvalue weighted by atomic mass is 9.93. The summed E-state index contributed by atoms with van der Waals surface area (Å²) in [5, 5.41) is 2.93. The molecule has 1 fully saturated rings. The largest absolute Gasteiger partial charge is 0.497 e. The molecule has 1 unspecified atom stereocenters. The summed E-state index contributed by atoms with van der Waals surface area (Å²) >= 11 is 0. The molecule has 10 heteroatoms. The van der Waals surface area contributed by atoms with Crippen LogP contribution in [0.1, 0.15) is 18.5 Å². The fraction of sp³-hybridized carbons (Fsp3) is 0.407. The van der Waals surface area contributed by atoms with Crippen molar-refractivity contribution in [3.63, 3.8) is 0 Å². The molecule has 1 saturated heterocycles. The fourth-order valence-electron chi connectivity index (χ4n) is 4.71. The van der Waals surface area contributed by atoms with E-state index in [1.54, 1.807) is 58.5 Å². The van der Waals surface area contributed by atoms with Gasteiger partial charge >= 0.3 is 12.0 Å². The molecule has 2 aliphatic rings. The lowest BCUT2D eigenvalue weighted by molar-refractivity contribution is -0.139. The Kier molecular flexibility index (Phi) is 8.17. The van der Waals surface area contributed by atoms with E-state index >= 15 is 0 Å². The van der Waals surface area contributed by atoms with Gasteiger partial charge in [-0.25, -0.2) is 14.0 Å². The number of piperazine rings is 1. The summed E-state index contributed by atoms with van der Waals surface area (Å²) in [5.41, 5.74) is 2.14. The molecule has 37 heavy (non-hydrogen) atoms. The highest BCUT2D eigenvalue weighted by Crippen LogP contribution is 2.35. The number of halogens is 1. The third-order valence-electron chi connectivity index (χ3n) is 6.72. The van der Waals surface area contributed by atoms with Gasteiger partial charge in [-0.05, 0) is 36.8 Å². The first-order chi connectivity index (χ1) is 17.9. The molecule has 2 amide bonds. The van der Waals surface area contributed by atoms with Gasteiger partial charge < -0.3 is 24.4 Å². The van der Waals surface area contributed by atoms with Crippen molar-refractivity contribution in [3.05, 3.63) is 65.1 Å². The van der Waals surface area contributed by atoms with Crippen molar-refractivity contribution in [3.8, 4) is 11.5 Å². The Balaban J connectivity index is 1.65. The van der Waals surface area contributed by atoms with E-state index in [2.05, 4.69) is 10.2 Å². The number of para-hydroxylation sites is 1. The normalized spacial score (nSPS) is 18.5. The van der Waals surface area contributed by atoms with Gasteiger partial charge in [0.25, 0.3) is 0 Å². The number of amides is 2. The number of anilines is 1. The molecule has 2 aliphatic heterocycles. The van der Waals surface area contributed by atoms with Gasteiger partial charge in [0.15, 0.2) is 0 Å². The minimum absolute atomic E-state index is 0.197. The van der Waals surface area contributed by atoms with Gasteiger partial charge in [0.05, 0.1) is 38.1 Å². The summed E-state index contributed by atoms with van der Waals surface area (Å²) in [4.78, 5) is 31.9. The van der Waals surface area contributed by atoms with Gasteiger partial charge in [-0.2, -0.15) is 0 Å². The quantitative estimate of drug-likeness (QED) is 0.544. The first-order valence-corrected chi connectivity index (χ1v) is 12.3. The average molecular weight is 513 g/mol. The second kappa shape index (κ2) is 11.5. The zero-order chi connectivity index (χ0) is 26.5. The van der Waals surface area contributed by atoms with E-state index in [1.807, 2.05) is 11.0 Å². The summed E-state index contributed by atoms with van der Waals surface area (Å²) in [5.74, 6) is 0.331. The number of esters is 1. The smallest absolute Gasteiger partial charge is 0.338 e. The number of nitrogens with zero attached hydrogens (tertiary/aromatic N) is 3. The van der Waals surface area contributed by atoms with Crippen LogP contribution in [0.25, 0.3) is 0 Å². The Morgan fingerprint density at radius 3 is 2.30 bits per heavy atom. The molecule has 2 aromatic rings. The summed E-state index contributed by atoms with van der Waals surface area (Å²) in [6.45, 7) is 4.82. The van der Waals surface area contributed by atoms with Crippen LogP contribution in [0, 0.1) is 5.82 Å². The van der Waals surface area contributed by atoms with E-state index in [4.69, 9.17) is 14.2 Å². The number of rotatable bonds is 8. The topological polar surface area (TPSA) is 83.6 Å². The van der Waals surface area contributed by atoms with Crippen molar-refractivity contribution >= 4 is 17.7 Å². The van der Waals surface area contributed by atoms with Crippen LogP contribution in [-0.2, 0) is 9.53 Å². The molecule has 0 radical (unpaired) electrons. The molecule has 2 heterocycles. The molecule has 0 aromatic heterocycles. The summed E-state index contributed by atoms with van der Waals surface area (Å²) in [6.07, 6.45) is 0. The molecule has 1 atom stereocenters. The SMILES string of the molecule is CCOC(=O)C1=C(CN2CCN(c3ccccc3F)CC2)N(C)C(=O)NC1c1cc(OC)cc(OC)c1. The van der Waals surface area contributed by atoms with E-state index in [-0.39, 0.29) is 18.5 Å². The molecular formula is C27H33FN4O5. The minimum Gasteiger partial charge on any atom is -0.497 e. The Morgan fingerprint density at radius 2 is 1.70 bits per heavy atom. The number of nitrogens with one attached hydrogen (secondary N) is 1. The van der Waals surface area contributed by atoms with Crippen molar-refractivity contribution < 1.29 is 28.2 Å². The third-order valence-corrected chi connectivity index (χ3v) is 6.72. The number of likely N-dealkylation sites (N-methyl/N-ethyl adjacent to an activating group) is 1. The van der Waals surface area contributed by atoms with E-state index in [1.165, 1.54) is 11.0 Å². The van der Waals surface area contributed by atoms with Crippen LogP contribution >= 0.6 is 0 Å². The van der Waals surface area contributed by atoms with Crippen LogP contribution in [-0.4, -0.2) is 82.4 Å². The molecular weight excluding hydrogens is 479 g/mol. The van der Waals surface area contributed by atoms with Crippen LogP contribution < -0.4 is 19.7 Å². The van der Waals surface area contributed by atoms with Gasteiger partial charge in [0.1, 0.15) is 17.3 Å². The standard InChI is InChI=1S/C27H33FN4O5/c1-5-37-26(33)24-23(17-31-10-12-32(13-11-31)22-9-7-6-8-21(22)28)30(2)27(34)29-25(24)18-14-19(35-3)16-20(15-18)36-4/h6-9,14-16,25H,5,10-13,17H2,1-4H3,(H,29,34). The Bertz CT molecular complexity index is 1160. The predicted molar refractivity (Wildman–Crippen MR) is 137 cm³/mol. The van der Waals surface area contributed by atoms with Gasteiger partial charge in [0.2, 0.25) is 0 Å². The van der Waals surface area contributed by atoms with Crippen molar-refractivity contribution in [2.75, 3.05) is 65.5 Å². The second-order valence-electron chi connectivity index (χ2n) is 8.88. The highest BCUT2D eigenvalue weighted by Gasteiger charge is 2.38. The fourth-order valence-corrected chi connectivity index (χ4v) is 4.71. The van der Waals surface area contributed by atoms with Crippen LogP contribution in [0.4, 0.5) is 14.9 Å². The molecule has 1 N–H and O–H groups in total. The molecule has 198 valence electrons. The highest BCUT2D eigenvalue weighted by molar-refractivity contribution is 5.95. The second-order valence-corrected chi connectivity index (χ2v) is 8.88. The zero-order valence-electron chi connectivity index (χ0n) is 21.6. The van der Waals surface area contributed by atoms with Gasteiger partial charge in [0, 0.05) is 51.5 Å². The van der Waals surface area contributed by atoms with Crippen molar-refractivity contribution in [1.82, 2.24) is 15.1 Å². The molecule has 2 aromatic carbocycles.